The van der Waals surface area contributed by atoms with Gasteiger partial charge in [0.15, 0.2) is 0 Å². The minimum atomic E-state index is -4.72. The fourth-order valence-electron chi connectivity index (χ4n) is 1.75. The lowest BCUT2D eigenvalue weighted by molar-refractivity contribution is -0.137. The highest BCUT2D eigenvalue weighted by Crippen LogP contribution is 2.37. The average molecular weight is 405 g/mol. The van der Waals surface area contributed by atoms with Crippen LogP contribution in [0.5, 0.6) is 0 Å². The number of hydrogen-bond donors (Lipinski definition) is 1. The number of halogens is 6. The molecule has 0 unspecified atom stereocenters. The molecule has 0 bridgehead atoms. The van der Waals surface area contributed by atoms with Crippen LogP contribution in [0.25, 0.3) is 0 Å². The molecule has 0 saturated heterocycles. The molecular weight excluding hydrogens is 398 g/mol. The number of hydrogen-bond acceptors (Lipinski definition) is 2. The molecule has 10 heteroatoms. The van der Waals surface area contributed by atoms with E-state index >= 15 is 0 Å². The summed E-state index contributed by atoms with van der Waals surface area (Å²) in [5.41, 5.74) is -1.48. The summed E-state index contributed by atoms with van der Waals surface area (Å²) in [4.78, 5) is -0.424. The minimum Gasteiger partial charge on any atom is -0.280 e. The van der Waals surface area contributed by atoms with Gasteiger partial charge >= 0.3 is 6.18 Å². The first-order valence-corrected chi connectivity index (χ1v) is 8.47. The van der Waals surface area contributed by atoms with Gasteiger partial charge in [0, 0.05) is 5.69 Å². The van der Waals surface area contributed by atoms with E-state index in [-0.39, 0.29) is 15.7 Å². The molecule has 124 valence electrons. The van der Waals surface area contributed by atoms with Crippen LogP contribution in [0, 0.1) is 0 Å². The molecule has 0 aliphatic heterocycles. The van der Waals surface area contributed by atoms with Crippen LogP contribution in [0.1, 0.15) is 5.56 Å². The third kappa shape index (κ3) is 4.03. The van der Waals surface area contributed by atoms with Gasteiger partial charge in [-0.05, 0) is 30.3 Å². The lowest BCUT2D eigenvalue weighted by Crippen LogP contribution is -2.15. The van der Waals surface area contributed by atoms with Gasteiger partial charge in [-0.15, -0.1) is 0 Å². The Bertz CT molecular complexity index is 834. The minimum absolute atomic E-state index is 0.157. The fraction of sp³-hybridized carbons (Fsp3) is 0.0769. The van der Waals surface area contributed by atoms with Crippen molar-refractivity contribution in [3.8, 4) is 0 Å². The molecule has 0 heterocycles. The van der Waals surface area contributed by atoms with Crippen LogP contribution in [0.2, 0.25) is 15.1 Å². The van der Waals surface area contributed by atoms with E-state index < -0.39 is 31.7 Å². The number of rotatable bonds is 3. The van der Waals surface area contributed by atoms with Crippen molar-refractivity contribution in [2.75, 3.05) is 4.72 Å². The number of nitrogens with one attached hydrogen (secondary N) is 1. The van der Waals surface area contributed by atoms with Crippen LogP contribution in [0.4, 0.5) is 18.9 Å². The van der Waals surface area contributed by atoms with Crippen LogP contribution in [-0.4, -0.2) is 8.42 Å². The van der Waals surface area contributed by atoms with Gasteiger partial charge in [-0.25, -0.2) is 8.42 Å². The second kappa shape index (κ2) is 6.39. The summed E-state index contributed by atoms with van der Waals surface area (Å²) in [7, 11) is -4.27. The summed E-state index contributed by atoms with van der Waals surface area (Å²) < 4.78 is 65.0. The van der Waals surface area contributed by atoms with Crippen LogP contribution in [0.15, 0.2) is 41.3 Å². The molecule has 0 spiro atoms. The van der Waals surface area contributed by atoms with Crippen molar-refractivity contribution in [1.82, 2.24) is 0 Å². The second-order valence-corrected chi connectivity index (χ2v) is 7.19. The zero-order valence-electron chi connectivity index (χ0n) is 11.0. The van der Waals surface area contributed by atoms with E-state index in [9.17, 15) is 21.6 Å². The number of sulfonamides is 1. The van der Waals surface area contributed by atoms with Crippen molar-refractivity contribution >= 4 is 50.5 Å². The molecule has 0 aromatic heterocycles. The summed E-state index contributed by atoms with van der Waals surface area (Å²) in [6, 6.07) is 6.66. The van der Waals surface area contributed by atoms with Gasteiger partial charge in [0.2, 0.25) is 0 Å². The quantitative estimate of drug-likeness (QED) is 0.738. The van der Waals surface area contributed by atoms with Gasteiger partial charge in [-0.2, -0.15) is 13.2 Å². The highest BCUT2D eigenvalue weighted by atomic mass is 35.5. The largest absolute Gasteiger partial charge is 0.417 e. The monoisotopic (exact) mass is 403 g/mol. The molecule has 0 aliphatic carbocycles. The van der Waals surface area contributed by atoms with Crippen molar-refractivity contribution in [3.63, 3.8) is 0 Å². The molecular formula is C13H7Cl3F3NO2S. The summed E-state index contributed by atoms with van der Waals surface area (Å²) in [6.07, 6.45) is -4.72. The van der Waals surface area contributed by atoms with Gasteiger partial charge in [-0.1, -0.05) is 40.9 Å². The molecule has 2 aromatic rings. The molecule has 0 aliphatic rings. The Morgan fingerprint density at radius 1 is 0.913 bits per heavy atom. The van der Waals surface area contributed by atoms with Crippen LogP contribution < -0.4 is 4.72 Å². The van der Waals surface area contributed by atoms with Crippen molar-refractivity contribution in [1.29, 1.82) is 0 Å². The molecule has 0 atom stereocenters. The first kappa shape index (κ1) is 18.2. The van der Waals surface area contributed by atoms with E-state index in [1.165, 1.54) is 18.2 Å². The van der Waals surface area contributed by atoms with E-state index in [0.717, 1.165) is 12.1 Å². The van der Waals surface area contributed by atoms with Crippen molar-refractivity contribution < 1.29 is 21.6 Å². The standard InChI is InChI=1S/C13H7Cl3F3NO2S/c14-9-5-4-7(6-8(9)13(17,18)19)20-23(21,22)12-10(15)2-1-3-11(12)16/h1-6,20H. The van der Waals surface area contributed by atoms with Gasteiger partial charge in [0.05, 0.1) is 20.6 Å². The van der Waals surface area contributed by atoms with Gasteiger partial charge in [0.1, 0.15) is 4.90 Å². The lowest BCUT2D eigenvalue weighted by atomic mass is 10.2. The summed E-state index contributed by atoms with van der Waals surface area (Å²) >= 11 is 17.1. The predicted molar refractivity (Wildman–Crippen MR) is 83.7 cm³/mol. The third-order valence-electron chi connectivity index (χ3n) is 2.71. The predicted octanol–water partition coefficient (Wildman–Crippen LogP) is 5.47. The maximum atomic E-state index is 12.8. The second-order valence-electron chi connectivity index (χ2n) is 4.35. The smallest absolute Gasteiger partial charge is 0.280 e. The average Bonchev–Trinajstić information content (AvgIpc) is 2.39. The maximum absolute atomic E-state index is 12.8. The maximum Gasteiger partial charge on any atom is 0.417 e. The molecule has 0 radical (unpaired) electrons. The van der Waals surface area contributed by atoms with E-state index in [1.807, 2.05) is 4.72 Å². The Balaban J connectivity index is 2.47. The highest BCUT2D eigenvalue weighted by Gasteiger charge is 2.34. The van der Waals surface area contributed by atoms with Crippen molar-refractivity contribution in [2.45, 2.75) is 11.1 Å². The summed E-state index contributed by atoms with van der Waals surface area (Å²) in [6.45, 7) is 0. The van der Waals surface area contributed by atoms with E-state index in [2.05, 4.69) is 0 Å². The third-order valence-corrected chi connectivity index (χ3v) is 5.38. The van der Waals surface area contributed by atoms with Crippen LogP contribution in [-0.2, 0) is 16.2 Å². The molecule has 0 fully saturated rings. The van der Waals surface area contributed by atoms with E-state index in [1.54, 1.807) is 0 Å². The number of anilines is 1. The van der Waals surface area contributed by atoms with E-state index in [4.69, 9.17) is 34.8 Å². The Kier molecular flexibility index (Phi) is 5.06. The first-order chi connectivity index (χ1) is 10.5. The SMILES string of the molecule is O=S(=O)(Nc1ccc(Cl)c(C(F)(F)F)c1)c1c(Cl)cccc1Cl. The molecule has 0 amide bonds. The highest BCUT2D eigenvalue weighted by molar-refractivity contribution is 7.93. The Labute approximate surface area is 145 Å². The van der Waals surface area contributed by atoms with Gasteiger partial charge in [0.25, 0.3) is 10.0 Å². The number of benzene rings is 2. The zero-order chi connectivity index (χ0) is 17.4. The zero-order valence-corrected chi connectivity index (χ0v) is 14.0. The fourth-order valence-corrected chi connectivity index (χ4v) is 4.17. The Hall–Kier alpha value is -1.15. The number of alkyl halides is 3. The van der Waals surface area contributed by atoms with Gasteiger partial charge in [-0.3, -0.25) is 4.72 Å². The Morgan fingerprint density at radius 3 is 2.00 bits per heavy atom. The lowest BCUT2D eigenvalue weighted by Gasteiger charge is -2.14. The van der Waals surface area contributed by atoms with Crippen molar-refractivity contribution in [2.24, 2.45) is 0 Å². The summed E-state index contributed by atoms with van der Waals surface area (Å²) in [5, 5.41) is -0.860. The van der Waals surface area contributed by atoms with Crippen LogP contribution in [0.3, 0.4) is 0 Å². The molecule has 0 saturated carbocycles. The van der Waals surface area contributed by atoms with Crippen molar-refractivity contribution in [3.05, 3.63) is 57.0 Å². The van der Waals surface area contributed by atoms with Gasteiger partial charge < -0.3 is 0 Å². The molecule has 2 aromatic carbocycles. The topological polar surface area (TPSA) is 46.2 Å². The Morgan fingerprint density at radius 2 is 1.48 bits per heavy atom. The molecule has 3 nitrogen and oxygen atoms in total. The summed E-state index contributed by atoms with van der Waals surface area (Å²) in [5.74, 6) is 0. The van der Waals surface area contributed by atoms with Crippen LogP contribution >= 0.6 is 34.8 Å². The first-order valence-electron chi connectivity index (χ1n) is 5.86. The molecule has 23 heavy (non-hydrogen) atoms. The molecule has 1 N–H and O–H groups in total. The molecule has 2 rings (SSSR count). The van der Waals surface area contributed by atoms with E-state index in [0.29, 0.717) is 6.07 Å². The normalized spacial score (nSPS) is 12.3.